The first kappa shape index (κ1) is 13.4. The van der Waals surface area contributed by atoms with Crippen LogP contribution in [0.3, 0.4) is 0 Å². The van der Waals surface area contributed by atoms with Crippen LogP contribution >= 0.6 is 11.8 Å². The molecule has 0 fully saturated rings. The molecule has 1 aromatic rings. The second-order valence-corrected chi connectivity index (χ2v) is 5.93. The number of carbonyl (C=O) groups excluding carboxylic acids is 1. The van der Waals surface area contributed by atoms with Crippen LogP contribution in [0.2, 0.25) is 0 Å². The Morgan fingerprint density at radius 3 is 3.00 bits per heavy atom. The van der Waals surface area contributed by atoms with Crippen molar-refractivity contribution in [3.8, 4) is 0 Å². The van der Waals surface area contributed by atoms with Gasteiger partial charge in [-0.2, -0.15) is 0 Å². The van der Waals surface area contributed by atoms with Gasteiger partial charge in [-0.05, 0) is 25.0 Å². The van der Waals surface area contributed by atoms with Crippen molar-refractivity contribution in [2.24, 2.45) is 0 Å². The van der Waals surface area contributed by atoms with Gasteiger partial charge in [-0.1, -0.05) is 18.2 Å². The number of hydrogen-bond acceptors (Lipinski definition) is 3. The molecule has 1 aliphatic heterocycles. The summed E-state index contributed by atoms with van der Waals surface area (Å²) in [7, 11) is 1.84. The minimum Gasteiger partial charge on any atom is -0.345 e. The third-order valence-electron chi connectivity index (χ3n) is 3.26. The molecule has 0 spiro atoms. The summed E-state index contributed by atoms with van der Waals surface area (Å²) >= 11 is 1.91. The molecule has 2 rings (SSSR count). The van der Waals surface area contributed by atoms with Crippen molar-refractivity contribution in [1.29, 1.82) is 0 Å². The van der Waals surface area contributed by atoms with Crippen molar-refractivity contribution in [2.45, 2.75) is 23.5 Å². The molecule has 0 saturated carbocycles. The third-order valence-corrected chi connectivity index (χ3v) is 4.58. The number of carbonyl (C=O) groups is 1. The summed E-state index contributed by atoms with van der Waals surface area (Å²) < 4.78 is 0. The molecule has 1 aromatic carbocycles. The summed E-state index contributed by atoms with van der Waals surface area (Å²) in [6.45, 7) is 4.09. The van der Waals surface area contributed by atoms with Gasteiger partial charge < -0.3 is 10.2 Å². The Morgan fingerprint density at radius 1 is 1.50 bits per heavy atom. The number of benzene rings is 1. The van der Waals surface area contributed by atoms with Crippen LogP contribution < -0.4 is 5.32 Å². The Kier molecular flexibility index (Phi) is 4.66. The maximum atomic E-state index is 11.6. The summed E-state index contributed by atoms with van der Waals surface area (Å²) in [4.78, 5) is 14.8. The Morgan fingerprint density at radius 2 is 2.28 bits per heavy atom. The number of likely N-dealkylation sites (N-methyl/N-ethyl adjacent to an activating group) is 1. The van der Waals surface area contributed by atoms with Gasteiger partial charge in [-0.15, -0.1) is 11.8 Å². The topological polar surface area (TPSA) is 32.3 Å². The van der Waals surface area contributed by atoms with Crippen molar-refractivity contribution in [1.82, 2.24) is 10.2 Å². The van der Waals surface area contributed by atoms with E-state index in [9.17, 15) is 4.79 Å². The average Bonchev–Trinajstić information content (AvgIpc) is 2.80. The lowest BCUT2D eigenvalue weighted by atomic mass is 10.1. The largest absolute Gasteiger partial charge is 0.345 e. The lowest BCUT2D eigenvalue weighted by Crippen LogP contribution is -2.37. The van der Waals surface area contributed by atoms with Gasteiger partial charge in [0.05, 0.1) is 6.54 Å². The zero-order chi connectivity index (χ0) is 13.0. The van der Waals surface area contributed by atoms with Crippen LogP contribution in [0.1, 0.15) is 12.5 Å². The number of fused-ring (bicyclic) bond motifs is 1. The minimum atomic E-state index is 0.165. The fourth-order valence-corrected chi connectivity index (χ4v) is 3.30. The Hall–Kier alpha value is -1.00. The summed E-state index contributed by atoms with van der Waals surface area (Å²) in [6.07, 6.45) is 1.10. The van der Waals surface area contributed by atoms with Crippen LogP contribution in [0.4, 0.5) is 0 Å². The van der Waals surface area contributed by atoms with E-state index in [2.05, 4.69) is 29.6 Å². The Balaban J connectivity index is 1.73. The van der Waals surface area contributed by atoms with E-state index >= 15 is 0 Å². The predicted octanol–water partition coefficient (Wildman–Crippen LogP) is 1.77. The normalized spacial score (nSPS) is 17.6. The zero-order valence-electron chi connectivity index (χ0n) is 11.0. The van der Waals surface area contributed by atoms with Crippen molar-refractivity contribution in [3.63, 3.8) is 0 Å². The molecule has 3 nitrogen and oxygen atoms in total. The highest BCUT2D eigenvalue weighted by Crippen LogP contribution is 2.36. The number of hydrogen-bond donors (Lipinski definition) is 1. The highest BCUT2D eigenvalue weighted by atomic mass is 32.2. The molecule has 0 aromatic heterocycles. The average molecular weight is 264 g/mol. The van der Waals surface area contributed by atoms with Crippen LogP contribution in [0, 0.1) is 0 Å². The van der Waals surface area contributed by atoms with E-state index in [0.717, 1.165) is 19.5 Å². The number of thioether (sulfide) groups is 1. The molecule has 98 valence electrons. The molecule has 18 heavy (non-hydrogen) atoms. The first-order valence-electron chi connectivity index (χ1n) is 6.40. The Labute approximate surface area is 113 Å². The fraction of sp³-hybridized carbons (Fsp3) is 0.500. The van der Waals surface area contributed by atoms with Gasteiger partial charge in [-0.25, -0.2) is 0 Å². The van der Waals surface area contributed by atoms with Crippen LogP contribution in [0.25, 0.3) is 0 Å². The second-order valence-electron chi connectivity index (χ2n) is 4.59. The molecular weight excluding hydrogens is 244 g/mol. The van der Waals surface area contributed by atoms with Gasteiger partial charge in [0.15, 0.2) is 0 Å². The predicted molar refractivity (Wildman–Crippen MR) is 76.0 cm³/mol. The van der Waals surface area contributed by atoms with Crippen LogP contribution in [-0.2, 0) is 11.2 Å². The first-order valence-corrected chi connectivity index (χ1v) is 7.28. The summed E-state index contributed by atoms with van der Waals surface area (Å²) in [6, 6.07) is 8.55. The van der Waals surface area contributed by atoms with Gasteiger partial charge in [-0.3, -0.25) is 4.79 Å². The van der Waals surface area contributed by atoms with Crippen LogP contribution in [0.15, 0.2) is 29.2 Å². The SMILES string of the molecule is CCN(C)C(=O)CNCC1Cc2ccccc2S1. The number of nitrogens with one attached hydrogen (secondary N) is 1. The quantitative estimate of drug-likeness (QED) is 0.880. The lowest BCUT2D eigenvalue weighted by molar-refractivity contribution is -0.128. The van der Waals surface area contributed by atoms with Crippen molar-refractivity contribution in [2.75, 3.05) is 26.7 Å². The maximum absolute atomic E-state index is 11.6. The lowest BCUT2D eigenvalue weighted by Gasteiger charge is -2.16. The summed E-state index contributed by atoms with van der Waals surface area (Å²) in [5, 5.41) is 3.82. The molecule has 1 atom stereocenters. The van der Waals surface area contributed by atoms with Crippen LogP contribution in [0.5, 0.6) is 0 Å². The highest BCUT2D eigenvalue weighted by Gasteiger charge is 2.21. The van der Waals surface area contributed by atoms with E-state index < -0.39 is 0 Å². The Bertz CT molecular complexity index is 397. The van der Waals surface area contributed by atoms with Gasteiger partial charge in [0.1, 0.15) is 0 Å². The van der Waals surface area contributed by atoms with E-state index in [4.69, 9.17) is 0 Å². The molecule has 1 aliphatic rings. The molecule has 0 radical (unpaired) electrons. The van der Waals surface area contributed by atoms with E-state index in [1.807, 2.05) is 25.7 Å². The molecule has 4 heteroatoms. The van der Waals surface area contributed by atoms with E-state index in [1.54, 1.807) is 4.90 Å². The van der Waals surface area contributed by atoms with Crippen molar-refractivity contribution < 1.29 is 4.79 Å². The fourth-order valence-electron chi connectivity index (χ4n) is 2.02. The van der Waals surface area contributed by atoms with Crippen LogP contribution in [-0.4, -0.2) is 42.7 Å². The molecule has 1 N–H and O–H groups in total. The minimum absolute atomic E-state index is 0.165. The second kappa shape index (κ2) is 6.25. The number of nitrogens with zero attached hydrogens (tertiary/aromatic N) is 1. The molecule has 0 saturated heterocycles. The maximum Gasteiger partial charge on any atom is 0.236 e. The monoisotopic (exact) mass is 264 g/mol. The van der Waals surface area contributed by atoms with Crippen molar-refractivity contribution in [3.05, 3.63) is 29.8 Å². The van der Waals surface area contributed by atoms with Gasteiger partial charge in [0.25, 0.3) is 0 Å². The van der Waals surface area contributed by atoms with Crippen molar-refractivity contribution >= 4 is 17.7 Å². The van der Waals surface area contributed by atoms with E-state index in [1.165, 1.54) is 10.5 Å². The van der Waals surface area contributed by atoms with E-state index in [-0.39, 0.29) is 5.91 Å². The summed E-state index contributed by atoms with van der Waals surface area (Å²) in [5.74, 6) is 0.165. The molecule has 1 heterocycles. The highest BCUT2D eigenvalue weighted by molar-refractivity contribution is 8.00. The molecule has 0 bridgehead atoms. The van der Waals surface area contributed by atoms with Gasteiger partial charge in [0.2, 0.25) is 5.91 Å². The first-order chi connectivity index (χ1) is 8.70. The molecule has 1 amide bonds. The van der Waals surface area contributed by atoms with E-state index in [0.29, 0.717) is 11.8 Å². The van der Waals surface area contributed by atoms with Gasteiger partial charge in [0, 0.05) is 30.3 Å². The number of rotatable bonds is 5. The molecule has 0 aliphatic carbocycles. The summed E-state index contributed by atoms with van der Waals surface area (Å²) in [5.41, 5.74) is 1.44. The zero-order valence-corrected chi connectivity index (χ0v) is 11.8. The molecule has 1 unspecified atom stereocenters. The molecular formula is C14H20N2OS. The van der Waals surface area contributed by atoms with Gasteiger partial charge >= 0.3 is 0 Å². The standard InChI is InChI=1S/C14H20N2OS/c1-3-16(2)14(17)10-15-9-12-8-11-6-4-5-7-13(11)18-12/h4-7,12,15H,3,8-10H2,1-2H3. The number of amides is 1. The smallest absolute Gasteiger partial charge is 0.236 e. The third kappa shape index (κ3) is 3.27.